The SMILES string of the molecule is CCCCCNS(=O)(=O)c1ccc(N2C(=O)CCC2=O)cc1. The molecule has 0 radical (unpaired) electrons. The number of hydrogen-bond acceptors (Lipinski definition) is 4. The van der Waals surface area contributed by atoms with Crippen LogP contribution in [-0.4, -0.2) is 26.8 Å². The van der Waals surface area contributed by atoms with E-state index in [2.05, 4.69) is 4.72 Å². The van der Waals surface area contributed by atoms with Gasteiger partial charge < -0.3 is 0 Å². The number of amides is 2. The van der Waals surface area contributed by atoms with E-state index in [1.54, 1.807) is 0 Å². The van der Waals surface area contributed by atoms with E-state index in [1.807, 2.05) is 6.92 Å². The van der Waals surface area contributed by atoms with Crippen LogP contribution in [0.2, 0.25) is 0 Å². The van der Waals surface area contributed by atoms with Crippen LogP contribution in [0.1, 0.15) is 39.0 Å². The van der Waals surface area contributed by atoms with Gasteiger partial charge in [-0.3, -0.25) is 14.5 Å². The molecule has 1 aromatic rings. The van der Waals surface area contributed by atoms with E-state index in [4.69, 9.17) is 0 Å². The minimum absolute atomic E-state index is 0.131. The third-order valence-electron chi connectivity index (χ3n) is 3.53. The summed E-state index contributed by atoms with van der Waals surface area (Å²) in [6.07, 6.45) is 3.20. The molecule has 22 heavy (non-hydrogen) atoms. The number of sulfonamides is 1. The van der Waals surface area contributed by atoms with Crippen LogP contribution in [0.25, 0.3) is 0 Å². The lowest BCUT2D eigenvalue weighted by molar-refractivity contribution is -0.121. The second kappa shape index (κ2) is 7.02. The lowest BCUT2D eigenvalue weighted by Crippen LogP contribution is -2.28. The molecule has 120 valence electrons. The lowest BCUT2D eigenvalue weighted by Gasteiger charge is -2.14. The third kappa shape index (κ3) is 3.72. The fourth-order valence-electron chi connectivity index (χ4n) is 2.30. The summed E-state index contributed by atoms with van der Waals surface area (Å²) in [6.45, 7) is 2.45. The summed E-state index contributed by atoms with van der Waals surface area (Å²) >= 11 is 0. The molecule has 2 rings (SSSR count). The molecule has 0 atom stereocenters. The average Bonchev–Trinajstić information content (AvgIpc) is 2.83. The molecule has 1 aliphatic rings. The number of anilines is 1. The molecule has 0 unspecified atom stereocenters. The van der Waals surface area contributed by atoms with Crippen LogP contribution in [0.4, 0.5) is 5.69 Å². The number of carbonyl (C=O) groups is 2. The normalized spacial score (nSPS) is 15.6. The molecule has 0 aromatic heterocycles. The highest BCUT2D eigenvalue weighted by Gasteiger charge is 2.30. The first-order valence-corrected chi connectivity index (χ1v) is 8.89. The highest BCUT2D eigenvalue weighted by atomic mass is 32.2. The molecule has 6 nitrogen and oxygen atoms in total. The predicted octanol–water partition coefficient (Wildman–Crippen LogP) is 1.81. The van der Waals surface area contributed by atoms with Crippen molar-refractivity contribution in [2.24, 2.45) is 0 Å². The molecule has 7 heteroatoms. The van der Waals surface area contributed by atoms with Crippen molar-refractivity contribution in [2.45, 2.75) is 43.9 Å². The molecule has 0 bridgehead atoms. The summed E-state index contributed by atoms with van der Waals surface area (Å²) in [6, 6.07) is 5.80. The van der Waals surface area contributed by atoms with Crippen molar-refractivity contribution in [3.05, 3.63) is 24.3 Å². The van der Waals surface area contributed by atoms with Crippen molar-refractivity contribution in [2.75, 3.05) is 11.4 Å². The Morgan fingerprint density at radius 2 is 1.64 bits per heavy atom. The fraction of sp³-hybridized carbons (Fsp3) is 0.467. The van der Waals surface area contributed by atoms with Crippen molar-refractivity contribution in [3.8, 4) is 0 Å². The number of benzene rings is 1. The van der Waals surface area contributed by atoms with Gasteiger partial charge in [-0.15, -0.1) is 0 Å². The molecular formula is C15H20N2O4S. The number of nitrogens with zero attached hydrogens (tertiary/aromatic N) is 1. The molecule has 0 spiro atoms. The summed E-state index contributed by atoms with van der Waals surface area (Å²) < 4.78 is 26.7. The van der Waals surface area contributed by atoms with E-state index < -0.39 is 10.0 Å². The average molecular weight is 324 g/mol. The van der Waals surface area contributed by atoms with Gasteiger partial charge in [0, 0.05) is 19.4 Å². The van der Waals surface area contributed by atoms with E-state index in [-0.39, 0.29) is 29.6 Å². The maximum absolute atomic E-state index is 12.1. The second-order valence-electron chi connectivity index (χ2n) is 5.22. The molecule has 1 N–H and O–H groups in total. The van der Waals surface area contributed by atoms with E-state index in [0.29, 0.717) is 12.2 Å². The van der Waals surface area contributed by atoms with Gasteiger partial charge in [0.25, 0.3) is 0 Å². The lowest BCUT2D eigenvalue weighted by atomic mass is 10.3. The number of unbranched alkanes of at least 4 members (excludes halogenated alkanes) is 2. The third-order valence-corrected chi connectivity index (χ3v) is 5.01. The molecule has 1 heterocycles. The van der Waals surface area contributed by atoms with Gasteiger partial charge in [0.2, 0.25) is 21.8 Å². The van der Waals surface area contributed by atoms with Gasteiger partial charge in [-0.2, -0.15) is 0 Å². The first-order valence-electron chi connectivity index (χ1n) is 7.41. The van der Waals surface area contributed by atoms with Gasteiger partial charge in [0.15, 0.2) is 0 Å². The zero-order chi connectivity index (χ0) is 16.2. The van der Waals surface area contributed by atoms with Crippen LogP contribution in [0, 0.1) is 0 Å². The highest BCUT2D eigenvalue weighted by Crippen LogP contribution is 2.23. The fourth-order valence-corrected chi connectivity index (χ4v) is 3.38. The first kappa shape index (κ1) is 16.6. The van der Waals surface area contributed by atoms with Crippen LogP contribution in [0.5, 0.6) is 0 Å². The number of hydrogen-bond donors (Lipinski definition) is 1. The number of nitrogens with one attached hydrogen (secondary N) is 1. The maximum atomic E-state index is 12.1. The van der Waals surface area contributed by atoms with Crippen molar-refractivity contribution >= 4 is 27.5 Å². The number of rotatable bonds is 7. The topological polar surface area (TPSA) is 83.6 Å². The Labute approximate surface area is 130 Å². The minimum atomic E-state index is -3.55. The number of carbonyl (C=O) groups excluding carboxylic acids is 2. The summed E-state index contributed by atoms with van der Waals surface area (Å²) in [5.41, 5.74) is 0.414. The van der Waals surface area contributed by atoms with Crippen LogP contribution >= 0.6 is 0 Å². The molecule has 1 saturated heterocycles. The Hall–Kier alpha value is -1.73. The standard InChI is InChI=1S/C15H20N2O4S/c1-2-3-4-11-16-22(20,21)13-7-5-12(6-8-13)17-14(18)9-10-15(17)19/h5-8,16H,2-4,9-11H2,1H3. The Balaban J connectivity index is 2.08. The van der Waals surface area contributed by atoms with Crippen LogP contribution in [0.3, 0.4) is 0 Å². The first-order chi connectivity index (χ1) is 10.5. The van der Waals surface area contributed by atoms with Gasteiger partial charge in [-0.1, -0.05) is 19.8 Å². The molecule has 1 aromatic carbocycles. The van der Waals surface area contributed by atoms with Gasteiger partial charge >= 0.3 is 0 Å². The van der Waals surface area contributed by atoms with Crippen LogP contribution in [-0.2, 0) is 19.6 Å². The molecule has 1 fully saturated rings. The van der Waals surface area contributed by atoms with E-state index in [9.17, 15) is 18.0 Å². The quantitative estimate of drug-likeness (QED) is 0.612. The maximum Gasteiger partial charge on any atom is 0.240 e. The van der Waals surface area contributed by atoms with Crippen molar-refractivity contribution in [1.29, 1.82) is 0 Å². The van der Waals surface area contributed by atoms with Gasteiger partial charge in [-0.25, -0.2) is 13.1 Å². The van der Waals surface area contributed by atoms with Crippen molar-refractivity contribution in [1.82, 2.24) is 4.72 Å². The summed E-state index contributed by atoms with van der Waals surface area (Å²) in [5, 5.41) is 0. The highest BCUT2D eigenvalue weighted by molar-refractivity contribution is 7.89. The molecule has 2 amide bonds. The Bertz CT molecular complexity index is 637. The minimum Gasteiger partial charge on any atom is -0.274 e. The molecule has 0 aliphatic carbocycles. The zero-order valence-electron chi connectivity index (χ0n) is 12.5. The largest absolute Gasteiger partial charge is 0.274 e. The zero-order valence-corrected chi connectivity index (χ0v) is 13.4. The van der Waals surface area contributed by atoms with E-state index in [1.165, 1.54) is 24.3 Å². The second-order valence-corrected chi connectivity index (χ2v) is 6.99. The molecular weight excluding hydrogens is 304 g/mol. The van der Waals surface area contributed by atoms with Gasteiger partial charge in [-0.05, 0) is 30.7 Å². The van der Waals surface area contributed by atoms with Crippen molar-refractivity contribution < 1.29 is 18.0 Å². The monoisotopic (exact) mass is 324 g/mol. The summed E-state index contributed by atoms with van der Waals surface area (Å²) in [4.78, 5) is 24.5. The Morgan fingerprint density at radius 3 is 2.18 bits per heavy atom. The van der Waals surface area contributed by atoms with Crippen LogP contribution < -0.4 is 9.62 Å². The smallest absolute Gasteiger partial charge is 0.240 e. The Kier molecular flexibility index (Phi) is 5.31. The number of imide groups is 1. The summed E-state index contributed by atoms with van der Waals surface area (Å²) in [5.74, 6) is -0.503. The Morgan fingerprint density at radius 1 is 1.05 bits per heavy atom. The summed E-state index contributed by atoms with van der Waals surface area (Å²) in [7, 11) is -3.55. The molecule has 0 saturated carbocycles. The van der Waals surface area contributed by atoms with Crippen LogP contribution in [0.15, 0.2) is 29.2 Å². The predicted molar refractivity (Wildman–Crippen MR) is 82.9 cm³/mol. The molecule has 1 aliphatic heterocycles. The van der Waals surface area contributed by atoms with E-state index >= 15 is 0 Å². The van der Waals surface area contributed by atoms with Gasteiger partial charge in [0.05, 0.1) is 10.6 Å². The van der Waals surface area contributed by atoms with Crippen molar-refractivity contribution in [3.63, 3.8) is 0 Å². The van der Waals surface area contributed by atoms with Gasteiger partial charge in [0.1, 0.15) is 0 Å². The van der Waals surface area contributed by atoms with E-state index in [0.717, 1.165) is 24.2 Å².